The van der Waals surface area contributed by atoms with Crippen LogP contribution in [0.4, 0.5) is 10.5 Å². The number of ether oxygens (including phenoxy) is 1. The van der Waals surface area contributed by atoms with Crippen LogP contribution in [0.3, 0.4) is 0 Å². The Hall–Kier alpha value is -2.64. The van der Waals surface area contributed by atoms with E-state index < -0.39 is 6.23 Å². The van der Waals surface area contributed by atoms with Gasteiger partial charge in [-0.05, 0) is 48.9 Å². The Labute approximate surface area is 183 Å². The lowest BCUT2D eigenvalue weighted by Crippen LogP contribution is -2.44. The van der Waals surface area contributed by atoms with Crippen LogP contribution < -0.4 is 15.4 Å². The molecule has 1 aromatic heterocycles. The molecule has 0 aliphatic carbocycles. The van der Waals surface area contributed by atoms with Gasteiger partial charge in [0, 0.05) is 44.1 Å². The number of para-hydroxylation sites is 1. The number of likely N-dealkylation sites (tertiary alicyclic amines) is 1. The van der Waals surface area contributed by atoms with E-state index in [1.807, 2.05) is 18.2 Å². The highest BCUT2D eigenvalue weighted by Crippen LogP contribution is 2.32. The number of carbonyl (C=O) groups is 1. The number of urea groups is 1. The van der Waals surface area contributed by atoms with Crippen molar-refractivity contribution in [1.82, 2.24) is 15.2 Å². The molecule has 0 radical (unpaired) electrons. The molecular formula is C24H32N4O3. The van der Waals surface area contributed by atoms with Crippen LogP contribution >= 0.6 is 0 Å². The highest BCUT2D eigenvalue weighted by atomic mass is 16.5. The van der Waals surface area contributed by atoms with Crippen LogP contribution in [-0.4, -0.2) is 53.0 Å². The van der Waals surface area contributed by atoms with Gasteiger partial charge in [-0.3, -0.25) is 9.88 Å². The molecule has 1 saturated heterocycles. The Morgan fingerprint density at radius 1 is 1.19 bits per heavy atom. The zero-order valence-corrected chi connectivity index (χ0v) is 17.9. The quantitative estimate of drug-likeness (QED) is 0.537. The van der Waals surface area contributed by atoms with Gasteiger partial charge in [-0.2, -0.15) is 0 Å². The predicted molar refractivity (Wildman–Crippen MR) is 120 cm³/mol. The van der Waals surface area contributed by atoms with E-state index in [1.54, 1.807) is 24.5 Å². The fourth-order valence-electron chi connectivity index (χ4n) is 4.50. The lowest BCUT2D eigenvalue weighted by atomic mass is 10.0. The van der Waals surface area contributed by atoms with Gasteiger partial charge in [-0.15, -0.1) is 0 Å². The summed E-state index contributed by atoms with van der Waals surface area (Å²) >= 11 is 0. The fraction of sp³-hybridized carbons (Fsp3) is 0.500. The van der Waals surface area contributed by atoms with E-state index in [1.165, 1.54) is 5.56 Å². The molecule has 2 aliphatic rings. The second-order valence-electron chi connectivity index (χ2n) is 8.50. The Morgan fingerprint density at radius 3 is 2.87 bits per heavy atom. The molecule has 2 aliphatic heterocycles. The maximum atomic E-state index is 11.9. The number of fused-ring (bicyclic) bond motifs is 1. The maximum absolute atomic E-state index is 11.9. The van der Waals surface area contributed by atoms with Crippen LogP contribution in [0.1, 0.15) is 37.7 Å². The first kappa shape index (κ1) is 21.6. The third-order valence-corrected chi connectivity index (χ3v) is 6.21. The molecule has 31 heavy (non-hydrogen) atoms. The first-order chi connectivity index (χ1) is 15.2. The summed E-state index contributed by atoms with van der Waals surface area (Å²) in [6.45, 7) is 2.54. The molecule has 3 heterocycles. The Bertz CT molecular complexity index is 823. The van der Waals surface area contributed by atoms with Gasteiger partial charge in [0.25, 0.3) is 0 Å². The Morgan fingerprint density at radius 2 is 2.03 bits per heavy atom. The number of anilines is 1. The van der Waals surface area contributed by atoms with Crippen molar-refractivity contribution in [2.75, 3.05) is 25.0 Å². The van der Waals surface area contributed by atoms with Crippen LogP contribution in [0.2, 0.25) is 0 Å². The third kappa shape index (κ3) is 5.95. The third-order valence-electron chi connectivity index (χ3n) is 6.21. The first-order valence-electron chi connectivity index (χ1n) is 11.3. The molecule has 3 atom stereocenters. The first-order valence-corrected chi connectivity index (χ1v) is 11.3. The zero-order chi connectivity index (χ0) is 21.5. The van der Waals surface area contributed by atoms with Crippen molar-refractivity contribution in [3.05, 3.63) is 54.4 Å². The number of hydrogen-bond acceptors (Lipinski definition) is 5. The topological polar surface area (TPSA) is 86.7 Å². The van der Waals surface area contributed by atoms with Crippen molar-refractivity contribution in [2.24, 2.45) is 5.92 Å². The van der Waals surface area contributed by atoms with Crippen LogP contribution in [0.25, 0.3) is 0 Å². The summed E-state index contributed by atoms with van der Waals surface area (Å²) in [6.07, 6.45) is 8.87. The van der Waals surface area contributed by atoms with E-state index in [4.69, 9.17) is 4.74 Å². The van der Waals surface area contributed by atoms with Crippen LogP contribution in [-0.2, 0) is 6.42 Å². The number of nitrogens with zero attached hydrogens (tertiary/aromatic N) is 2. The normalized spacial score (nSPS) is 21.3. The van der Waals surface area contributed by atoms with Crippen molar-refractivity contribution < 1.29 is 14.6 Å². The molecule has 7 nitrogen and oxygen atoms in total. The summed E-state index contributed by atoms with van der Waals surface area (Å²) in [5, 5.41) is 16.5. The highest BCUT2D eigenvalue weighted by Gasteiger charge is 2.36. The highest BCUT2D eigenvalue weighted by molar-refractivity contribution is 5.88. The number of aromatic nitrogens is 1. The predicted octanol–water partition coefficient (Wildman–Crippen LogP) is 3.41. The molecule has 0 bridgehead atoms. The minimum absolute atomic E-state index is 0.166. The molecule has 0 saturated carbocycles. The van der Waals surface area contributed by atoms with E-state index >= 15 is 0 Å². The average molecular weight is 425 g/mol. The smallest absolute Gasteiger partial charge is 0.319 e. The summed E-state index contributed by atoms with van der Waals surface area (Å²) < 4.78 is 5.96. The largest absolute Gasteiger partial charge is 0.486 e. The molecule has 0 spiro atoms. The molecular weight excluding hydrogens is 392 g/mol. The second kappa shape index (κ2) is 10.6. The van der Waals surface area contributed by atoms with Gasteiger partial charge in [0.05, 0.1) is 0 Å². The number of carbonyl (C=O) groups excluding carboxylic acids is 1. The minimum atomic E-state index is -0.541. The van der Waals surface area contributed by atoms with Crippen molar-refractivity contribution in [1.29, 1.82) is 0 Å². The van der Waals surface area contributed by atoms with E-state index in [9.17, 15) is 9.90 Å². The second-order valence-corrected chi connectivity index (χ2v) is 8.50. The van der Waals surface area contributed by atoms with Gasteiger partial charge in [-0.25, -0.2) is 4.79 Å². The molecule has 166 valence electrons. The number of benzene rings is 1. The molecule has 4 rings (SSSR count). The van der Waals surface area contributed by atoms with Crippen molar-refractivity contribution >= 4 is 11.7 Å². The maximum Gasteiger partial charge on any atom is 0.319 e. The molecule has 7 heteroatoms. The van der Waals surface area contributed by atoms with Crippen molar-refractivity contribution in [2.45, 2.75) is 50.9 Å². The molecule has 3 unspecified atom stereocenters. The number of unbranched alkanes of at least 4 members (excludes halogenated alkanes) is 2. The van der Waals surface area contributed by atoms with Crippen LogP contribution in [0.5, 0.6) is 5.75 Å². The number of hydrogen-bond donors (Lipinski definition) is 3. The number of nitrogens with one attached hydrogen (secondary N) is 2. The summed E-state index contributed by atoms with van der Waals surface area (Å²) in [4.78, 5) is 18.0. The fourth-order valence-corrected chi connectivity index (χ4v) is 4.50. The number of aliphatic hydroxyl groups excluding tert-OH is 1. The van der Waals surface area contributed by atoms with Gasteiger partial charge < -0.3 is 20.5 Å². The summed E-state index contributed by atoms with van der Waals surface area (Å²) in [7, 11) is 0. The number of aliphatic hydroxyl groups is 1. The summed E-state index contributed by atoms with van der Waals surface area (Å²) in [5.74, 6) is 1.53. The van der Waals surface area contributed by atoms with Gasteiger partial charge in [0.2, 0.25) is 0 Å². The van der Waals surface area contributed by atoms with Gasteiger partial charge in [-0.1, -0.05) is 31.0 Å². The molecule has 3 N–H and O–H groups in total. The van der Waals surface area contributed by atoms with Gasteiger partial charge >= 0.3 is 6.03 Å². The lowest BCUT2D eigenvalue weighted by molar-refractivity contribution is -0.0559. The summed E-state index contributed by atoms with van der Waals surface area (Å²) in [5.41, 5.74) is 1.93. The van der Waals surface area contributed by atoms with Gasteiger partial charge in [0.1, 0.15) is 18.1 Å². The Balaban J connectivity index is 1.07. The van der Waals surface area contributed by atoms with Crippen molar-refractivity contribution in [3.63, 3.8) is 0 Å². The SMILES string of the molecule is O=C(NCCCCCC1CCN(C(O)C2Cc3ccccc3O2)C1)Nc1ccncc1. The standard InChI is InChI=1S/C24H32N4O3/c29-23(22-16-19-7-3-4-8-21(19)31-22)28-15-11-18(17-28)6-2-1-5-12-26-24(30)27-20-9-13-25-14-10-20/h3-4,7-10,13-14,18,22-23,29H,1-2,5-6,11-12,15-17H2,(H2,25,26,27,30). The van der Waals surface area contributed by atoms with E-state index in [0.717, 1.165) is 63.1 Å². The lowest BCUT2D eigenvalue weighted by Gasteiger charge is -2.27. The van der Waals surface area contributed by atoms with Crippen LogP contribution in [0, 0.1) is 5.92 Å². The van der Waals surface area contributed by atoms with Crippen molar-refractivity contribution in [3.8, 4) is 5.75 Å². The Kier molecular flexibility index (Phi) is 7.38. The average Bonchev–Trinajstić information content (AvgIpc) is 3.43. The zero-order valence-electron chi connectivity index (χ0n) is 17.9. The van der Waals surface area contributed by atoms with Gasteiger partial charge in [0.15, 0.2) is 0 Å². The number of amides is 2. The molecule has 2 amide bonds. The summed E-state index contributed by atoms with van der Waals surface area (Å²) in [6, 6.07) is 11.4. The van der Waals surface area contributed by atoms with E-state index in [2.05, 4.69) is 26.6 Å². The minimum Gasteiger partial charge on any atom is -0.486 e. The van der Waals surface area contributed by atoms with E-state index in [-0.39, 0.29) is 12.1 Å². The monoisotopic (exact) mass is 424 g/mol. The molecule has 1 fully saturated rings. The van der Waals surface area contributed by atoms with Crippen LogP contribution in [0.15, 0.2) is 48.8 Å². The number of rotatable bonds is 9. The molecule has 1 aromatic carbocycles. The number of pyridine rings is 1. The molecule has 2 aromatic rings. The van der Waals surface area contributed by atoms with E-state index in [0.29, 0.717) is 12.5 Å².